The van der Waals surface area contributed by atoms with Crippen molar-refractivity contribution in [3.05, 3.63) is 74.9 Å². The number of nitrogens with zero attached hydrogens (tertiary/aromatic N) is 2. The van der Waals surface area contributed by atoms with Gasteiger partial charge in [-0.05, 0) is 49.7 Å². The van der Waals surface area contributed by atoms with Gasteiger partial charge < -0.3 is 0 Å². The van der Waals surface area contributed by atoms with Gasteiger partial charge in [0, 0.05) is 10.9 Å². The van der Waals surface area contributed by atoms with Crippen LogP contribution < -0.4 is 0 Å². The second-order valence-electron chi connectivity index (χ2n) is 6.39. The summed E-state index contributed by atoms with van der Waals surface area (Å²) < 4.78 is 0. The van der Waals surface area contributed by atoms with Gasteiger partial charge in [-0.1, -0.05) is 35.3 Å². The minimum Gasteiger partial charge on any atom is -0.269 e. The molecule has 26 heavy (non-hydrogen) atoms. The third-order valence-electron chi connectivity index (χ3n) is 4.66. The van der Waals surface area contributed by atoms with Crippen LogP contribution in [0.15, 0.2) is 42.5 Å². The number of imide groups is 1. The smallest absolute Gasteiger partial charge is 0.262 e. The maximum atomic E-state index is 12.7. The van der Waals surface area contributed by atoms with E-state index in [2.05, 4.69) is 4.98 Å². The molecule has 0 unspecified atom stereocenters. The Labute approximate surface area is 160 Å². The van der Waals surface area contributed by atoms with Crippen LogP contribution >= 0.6 is 23.2 Å². The van der Waals surface area contributed by atoms with Crippen LogP contribution in [0.5, 0.6) is 0 Å². The monoisotopic (exact) mass is 384 g/mol. The number of halogens is 2. The first-order valence-corrected chi connectivity index (χ1v) is 8.87. The van der Waals surface area contributed by atoms with Crippen LogP contribution in [0.2, 0.25) is 10.2 Å². The minimum atomic E-state index is -0.550. The zero-order valence-corrected chi connectivity index (χ0v) is 15.6. The highest BCUT2D eigenvalue weighted by molar-refractivity contribution is 6.36. The van der Waals surface area contributed by atoms with Gasteiger partial charge >= 0.3 is 0 Å². The molecule has 2 aromatic carbocycles. The maximum absolute atomic E-state index is 12.7. The van der Waals surface area contributed by atoms with Crippen molar-refractivity contribution in [2.75, 3.05) is 0 Å². The van der Waals surface area contributed by atoms with Crippen molar-refractivity contribution >= 4 is 45.9 Å². The lowest BCUT2D eigenvalue weighted by Gasteiger charge is -2.24. The zero-order valence-electron chi connectivity index (χ0n) is 14.1. The molecule has 130 valence electrons. The number of carbonyl (C=O) groups excluding carboxylic acids is 2. The molecule has 2 amide bonds. The fraction of sp³-hybridized carbons (Fsp3) is 0.150. The van der Waals surface area contributed by atoms with Crippen LogP contribution in [0.4, 0.5) is 0 Å². The minimum absolute atomic E-state index is 0.229. The molecule has 1 aliphatic heterocycles. The highest BCUT2D eigenvalue weighted by atomic mass is 35.5. The lowest BCUT2D eigenvalue weighted by atomic mass is 10.0. The normalized spacial score (nSPS) is 14.8. The van der Waals surface area contributed by atoms with Crippen LogP contribution in [0, 0.1) is 6.92 Å². The van der Waals surface area contributed by atoms with Crippen molar-refractivity contribution in [1.82, 2.24) is 9.88 Å². The summed E-state index contributed by atoms with van der Waals surface area (Å²) in [6, 6.07) is 11.9. The maximum Gasteiger partial charge on any atom is 0.262 e. The van der Waals surface area contributed by atoms with E-state index in [4.69, 9.17) is 23.2 Å². The van der Waals surface area contributed by atoms with Crippen LogP contribution in [0.3, 0.4) is 0 Å². The fourth-order valence-electron chi connectivity index (χ4n) is 3.37. The van der Waals surface area contributed by atoms with Gasteiger partial charge in [0.25, 0.3) is 11.8 Å². The van der Waals surface area contributed by atoms with Crippen molar-refractivity contribution in [3.63, 3.8) is 0 Å². The Kier molecular flexibility index (Phi) is 3.98. The third kappa shape index (κ3) is 2.49. The Balaban J connectivity index is 1.82. The average molecular weight is 385 g/mol. The second kappa shape index (κ2) is 6.08. The SMILES string of the molecule is Cc1cc(Cl)c2nc(Cl)c([C@H](C)N3C(=O)c4ccccc4C3=O)cc2c1. The van der Waals surface area contributed by atoms with Gasteiger partial charge in [-0.15, -0.1) is 0 Å². The van der Waals surface area contributed by atoms with Crippen molar-refractivity contribution in [3.8, 4) is 0 Å². The number of aryl methyl sites for hydroxylation is 1. The van der Waals surface area contributed by atoms with E-state index in [1.54, 1.807) is 31.2 Å². The number of aromatic nitrogens is 1. The summed E-state index contributed by atoms with van der Waals surface area (Å²) in [6.07, 6.45) is 0. The molecule has 1 atom stereocenters. The van der Waals surface area contributed by atoms with E-state index in [0.717, 1.165) is 10.9 Å². The number of amides is 2. The second-order valence-corrected chi connectivity index (χ2v) is 7.15. The molecule has 6 heteroatoms. The Morgan fingerprint density at radius 1 is 1.00 bits per heavy atom. The van der Waals surface area contributed by atoms with Gasteiger partial charge in [-0.3, -0.25) is 14.5 Å². The predicted octanol–water partition coefficient (Wildman–Crippen LogP) is 5.21. The van der Waals surface area contributed by atoms with E-state index in [-0.39, 0.29) is 17.0 Å². The summed E-state index contributed by atoms with van der Waals surface area (Å²) in [4.78, 5) is 31.1. The number of pyridine rings is 1. The molecule has 0 aliphatic carbocycles. The number of hydrogen-bond donors (Lipinski definition) is 0. The Morgan fingerprint density at radius 2 is 1.62 bits per heavy atom. The molecular weight excluding hydrogens is 371 g/mol. The fourth-order valence-corrected chi connectivity index (χ4v) is 3.99. The topological polar surface area (TPSA) is 50.3 Å². The van der Waals surface area contributed by atoms with Gasteiger partial charge in [0.15, 0.2) is 0 Å². The number of rotatable bonds is 2. The molecule has 0 N–H and O–H groups in total. The van der Waals surface area contributed by atoms with Crippen molar-refractivity contribution in [2.45, 2.75) is 19.9 Å². The van der Waals surface area contributed by atoms with Gasteiger partial charge in [0.2, 0.25) is 0 Å². The van der Waals surface area contributed by atoms with Crippen molar-refractivity contribution in [2.24, 2.45) is 0 Å². The molecule has 0 radical (unpaired) electrons. The first kappa shape index (κ1) is 17.0. The van der Waals surface area contributed by atoms with Crippen LogP contribution in [-0.2, 0) is 0 Å². The summed E-state index contributed by atoms with van der Waals surface area (Å²) >= 11 is 12.6. The Bertz CT molecular complexity index is 1060. The van der Waals surface area contributed by atoms with E-state index < -0.39 is 6.04 Å². The summed E-state index contributed by atoms with van der Waals surface area (Å²) in [5.41, 5.74) is 3.02. The van der Waals surface area contributed by atoms with E-state index >= 15 is 0 Å². The number of carbonyl (C=O) groups is 2. The first-order chi connectivity index (χ1) is 12.4. The van der Waals surface area contributed by atoms with Gasteiger partial charge in [-0.25, -0.2) is 4.98 Å². The van der Waals surface area contributed by atoms with Crippen molar-refractivity contribution in [1.29, 1.82) is 0 Å². The number of benzene rings is 2. The number of fused-ring (bicyclic) bond motifs is 2. The third-order valence-corrected chi connectivity index (χ3v) is 5.25. The van der Waals surface area contributed by atoms with Crippen LogP contribution in [0.1, 0.15) is 44.8 Å². The molecule has 3 aromatic rings. The molecule has 0 bridgehead atoms. The molecule has 4 rings (SSSR count). The lowest BCUT2D eigenvalue weighted by molar-refractivity contribution is 0.0595. The molecule has 0 saturated heterocycles. The largest absolute Gasteiger partial charge is 0.269 e. The molecule has 2 heterocycles. The molecule has 1 aliphatic rings. The van der Waals surface area contributed by atoms with Gasteiger partial charge in [-0.2, -0.15) is 0 Å². The number of hydrogen-bond acceptors (Lipinski definition) is 3. The quantitative estimate of drug-likeness (QED) is 0.450. The summed E-state index contributed by atoms with van der Waals surface area (Å²) in [6.45, 7) is 3.71. The van der Waals surface area contributed by atoms with E-state index in [1.165, 1.54) is 4.90 Å². The Morgan fingerprint density at radius 3 is 2.23 bits per heavy atom. The summed E-state index contributed by atoms with van der Waals surface area (Å²) in [7, 11) is 0. The lowest BCUT2D eigenvalue weighted by Crippen LogP contribution is -2.32. The standard InChI is InChI=1S/C20H14Cl2N2O2/c1-10-7-12-9-15(18(22)23-17(12)16(21)8-10)11(2)24-19(25)13-5-3-4-6-14(13)20(24)26/h3-9,11H,1-2H3/t11-/m0/s1. The van der Waals surface area contributed by atoms with Crippen molar-refractivity contribution < 1.29 is 9.59 Å². The van der Waals surface area contributed by atoms with E-state index in [0.29, 0.717) is 27.2 Å². The van der Waals surface area contributed by atoms with Crippen LogP contribution in [0.25, 0.3) is 10.9 Å². The summed E-state index contributed by atoms with van der Waals surface area (Å²) in [5.74, 6) is -0.645. The highest BCUT2D eigenvalue weighted by Gasteiger charge is 2.39. The van der Waals surface area contributed by atoms with Crippen LogP contribution in [-0.4, -0.2) is 21.7 Å². The highest BCUT2D eigenvalue weighted by Crippen LogP contribution is 2.36. The average Bonchev–Trinajstić information content (AvgIpc) is 2.86. The first-order valence-electron chi connectivity index (χ1n) is 8.11. The molecule has 4 nitrogen and oxygen atoms in total. The molecular formula is C20H14Cl2N2O2. The molecule has 0 fully saturated rings. The molecule has 0 spiro atoms. The van der Waals surface area contributed by atoms with Gasteiger partial charge in [0.1, 0.15) is 5.15 Å². The summed E-state index contributed by atoms with van der Waals surface area (Å²) in [5, 5.41) is 1.56. The molecule has 0 saturated carbocycles. The van der Waals surface area contributed by atoms with E-state index in [9.17, 15) is 9.59 Å². The predicted molar refractivity (Wildman–Crippen MR) is 102 cm³/mol. The van der Waals surface area contributed by atoms with Gasteiger partial charge in [0.05, 0.1) is 27.7 Å². The molecule has 1 aromatic heterocycles. The van der Waals surface area contributed by atoms with E-state index in [1.807, 2.05) is 25.1 Å². The zero-order chi connectivity index (χ0) is 18.6. The Hall–Kier alpha value is -2.43.